The summed E-state index contributed by atoms with van der Waals surface area (Å²) >= 11 is 2.16. The first kappa shape index (κ1) is 14.0. The lowest BCUT2D eigenvalue weighted by molar-refractivity contribution is -0.168. The number of hydrogen-bond acceptors (Lipinski definition) is 4. The summed E-state index contributed by atoms with van der Waals surface area (Å²) in [5.41, 5.74) is -0.186. The number of carbonyl (C=O) groups is 1. The molecule has 0 amide bonds. The molecule has 4 fully saturated rings. The van der Waals surface area contributed by atoms with Gasteiger partial charge < -0.3 is 4.74 Å². The van der Waals surface area contributed by atoms with Crippen LogP contribution in [0.25, 0.3) is 0 Å². The quantitative estimate of drug-likeness (QED) is 0.311. The fraction of sp³-hybridized carbons (Fsp3) is 0.786. The summed E-state index contributed by atoms with van der Waals surface area (Å²) in [7, 11) is 3.35. The molecule has 0 aromatic carbocycles. The van der Waals surface area contributed by atoms with Crippen LogP contribution in [-0.4, -0.2) is 17.3 Å². The molecule has 0 unspecified atom stereocenters. The molecule has 4 aliphatic carbocycles. The SMILES string of the molecule is C=C(OC(=O)C12CC3CC(CC(C3)C1)C2)N(C)SI. The molecular weight excluding hydrogens is 373 g/mol. The van der Waals surface area contributed by atoms with Crippen molar-refractivity contribution in [1.29, 1.82) is 0 Å². The first-order valence-electron chi connectivity index (χ1n) is 6.96. The van der Waals surface area contributed by atoms with Crippen molar-refractivity contribution in [2.75, 3.05) is 7.05 Å². The fourth-order valence-electron chi connectivity index (χ4n) is 4.68. The summed E-state index contributed by atoms with van der Waals surface area (Å²) in [5.74, 6) is 2.74. The molecule has 0 saturated heterocycles. The number of nitrogens with zero attached hydrogens (tertiary/aromatic N) is 1. The molecule has 0 heterocycles. The van der Waals surface area contributed by atoms with E-state index in [4.69, 9.17) is 4.74 Å². The number of rotatable bonds is 4. The predicted molar refractivity (Wildman–Crippen MR) is 85.2 cm³/mol. The van der Waals surface area contributed by atoms with Crippen molar-refractivity contribution < 1.29 is 9.53 Å². The second-order valence-electron chi connectivity index (χ2n) is 6.55. The van der Waals surface area contributed by atoms with Crippen LogP contribution < -0.4 is 0 Å². The van der Waals surface area contributed by atoms with Gasteiger partial charge in [0.25, 0.3) is 0 Å². The van der Waals surface area contributed by atoms with Crippen molar-refractivity contribution >= 4 is 36.3 Å². The van der Waals surface area contributed by atoms with Crippen molar-refractivity contribution in [3.05, 3.63) is 12.5 Å². The summed E-state index contributed by atoms with van der Waals surface area (Å²) in [5, 5.41) is 0. The van der Waals surface area contributed by atoms with Gasteiger partial charge in [-0.05, 0) is 62.9 Å². The Kier molecular flexibility index (Phi) is 3.79. The molecule has 0 aromatic heterocycles. The summed E-state index contributed by atoms with van der Waals surface area (Å²) in [6, 6.07) is 0. The lowest BCUT2D eigenvalue weighted by atomic mass is 9.49. The van der Waals surface area contributed by atoms with Crippen molar-refractivity contribution in [2.24, 2.45) is 23.2 Å². The highest BCUT2D eigenvalue weighted by atomic mass is 127. The van der Waals surface area contributed by atoms with Crippen molar-refractivity contribution in [1.82, 2.24) is 4.31 Å². The smallest absolute Gasteiger partial charge is 0.318 e. The maximum Gasteiger partial charge on any atom is 0.318 e. The Bertz CT molecular complexity index is 377. The minimum Gasteiger partial charge on any atom is -0.409 e. The van der Waals surface area contributed by atoms with E-state index in [0.29, 0.717) is 5.88 Å². The van der Waals surface area contributed by atoms with E-state index in [9.17, 15) is 4.79 Å². The number of esters is 1. The Morgan fingerprint density at radius 1 is 1.26 bits per heavy atom. The zero-order valence-electron chi connectivity index (χ0n) is 11.2. The van der Waals surface area contributed by atoms with Crippen LogP contribution in [0.1, 0.15) is 38.5 Å². The van der Waals surface area contributed by atoms with Gasteiger partial charge in [0.2, 0.25) is 5.88 Å². The molecule has 4 bridgehead atoms. The van der Waals surface area contributed by atoms with Crippen molar-refractivity contribution in [3.8, 4) is 0 Å². The van der Waals surface area contributed by atoms with Gasteiger partial charge in [0.05, 0.1) is 5.41 Å². The van der Waals surface area contributed by atoms with Crippen molar-refractivity contribution in [3.63, 3.8) is 0 Å². The minimum atomic E-state index is -0.186. The molecule has 0 aliphatic heterocycles. The molecule has 19 heavy (non-hydrogen) atoms. The van der Waals surface area contributed by atoms with E-state index in [0.717, 1.165) is 37.0 Å². The number of carbonyl (C=O) groups excluding carboxylic acids is 1. The molecule has 106 valence electrons. The maximum absolute atomic E-state index is 12.6. The monoisotopic (exact) mass is 393 g/mol. The summed E-state index contributed by atoms with van der Waals surface area (Å²) < 4.78 is 7.35. The van der Waals surface area contributed by atoms with Crippen LogP contribution in [0.2, 0.25) is 0 Å². The molecule has 0 atom stereocenters. The lowest BCUT2D eigenvalue weighted by Crippen LogP contribution is -2.50. The zero-order valence-corrected chi connectivity index (χ0v) is 14.2. The van der Waals surface area contributed by atoms with Crippen LogP contribution in [0.4, 0.5) is 0 Å². The second-order valence-corrected chi connectivity index (χ2v) is 8.42. The molecule has 0 spiro atoms. The topological polar surface area (TPSA) is 29.5 Å². The second kappa shape index (κ2) is 5.13. The first-order chi connectivity index (χ1) is 9.02. The summed E-state index contributed by atoms with van der Waals surface area (Å²) in [6.07, 6.45) is 7.18. The molecule has 5 heteroatoms. The number of halogens is 1. The number of ether oxygens (including phenoxy) is 1. The van der Waals surface area contributed by atoms with Gasteiger partial charge >= 0.3 is 5.97 Å². The van der Waals surface area contributed by atoms with E-state index in [-0.39, 0.29) is 11.4 Å². The third-order valence-corrected chi connectivity index (χ3v) is 7.32. The Labute approximate surface area is 131 Å². The van der Waals surface area contributed by atoms with Crippen LogP contribution in [0.5, 0.6) is 0 Å². The molecular formula is C14H20INO2S. The lowest BCUT2D eigenvalue weighted by Gasteiger charge is -2.55. The van der Waals surface area contributed by atoms with Gasteiger partial charge in [0.1, 0.15) is 0 Å². The van der Waals surface area contributed by atoms with Gasteiger partial charge in [-0.25, -0.2) is 0 Å². The zero-order chi connectivity index (χ0) is 13.6. The largest absolute Gasteiger partial charge is 0.409 e. The first-order valence-corrected chi connectivity index (χ1v) is 10.3. The highest BCUT2D eigenvalue weighted by Gasteiger charge is 2.55. The van der Waals surface area contributed by atoms with E-state index < -0.39 is 0 Å². The predicted octanol–water partition coefficient (Wildman–Crippen LogP) is 4.15. The van der Waals surface area contributed by atoms with E-state index in [1.54, 1.807) is 4.31 Å². The highest BCUT2D eigenvalue weighted by Crippen LogP contribution is 2.60. The third kappa shape index (κ3) is 2.52. The fourth-order valence-corrected chi connectivity index (χ4v) is 5.45. The third-order valence-electron chi connectivity index (χ3n) is 5.14. The summed E-state index contributed by atoms with van der Waals surface area (Å²) in [4.78, 5) is 12.6. The molecule has 4 aliphatic rings. The van der Waals surface area contributed by atoms with Crippen LogP contribution >= 0.6 is 30.3 Å². The molecule has 4 rings (SSSR count). The van der Waals surface area contributed by atoms with E-state index in [2.05, 4.69) is 27.8 Å². The standard InChI is InChI=1S/C14H20INO2S/c1-9(16(2)19-15)18-13(17)14-6-10-3-11(7-14)5-12(4-10)8-14/h10-12H,1,3-8H2,2H3. The molecule has 0 N–H and O–H groups in total. The minimum absolute atomic E-state index is 0.0195. The highest BCUT2D eigenvalue weighted by molar-refractivity contribution is 14.2. The van der Waals surface area contributed by atoms with Crippen LogP contribution in [0.15, 0.2) is 12.5 Å². The number of hydrogen-bond donors (Lipinski definition) is 0. The van der Waals surface area contributed by atoms with Gasteiger partial charge in [0.15, 0.2) is 0 Å². The van der Waals surface area contributed by atoms with Gasteiger partial charge in [-0.2, -0.15) is 0 Å². The Hall–Kier alpha value is 0.0900. The van der Waals surface area contributed by atoms with E-state index in [1.807, 2.05) is 7.05 Å². The van der Waals surface area contributed by atoms with Crippen molar-refractivity contribution in [2.45, 2.75) is 38.5 Å². The Morgan fingerprint density at radius 2 is 1.74 bits per heavy atom. The van der Waals surface area contributed by atoms with E-state index in [1.165, 1.54) is 28.4 Å². The Balaban J connectivity index is 1.71. The van der Waals surface area contributed by atoms with Crippen LogP contribution in [0.3, 0.4) is 0 Å². The van der Waals surface area contributed by atoms with Crippen LogP contribution in [-0.2, 0) is 9.53 Å². The van der Waals surface area contributed by atoms with Gasteiger partial charge in [-0.1, -0.05) is 0 Å². The molecule has 0 aromatic rings. The molecule has 3 nitrogen and oxygen atoms in total. The normalized spacial score (nSPS) is 39.2. The average molecular weight is 393 g/mol. The Morgan fingerprint density at radius 3 is 2.16 bits per heavy atom. The van der Waals surface area contributed by atoms with Gasteiger partial charge in [0, 0.05) is 37.4 Å². The van der Waals surface area contributed by atoms with Crippen LogP contribution in [0, 0.1) is 23.2 Å². The van der Waals surface area contributed by atoms with Gasteiger partial charge in [-0.3, -0.25) is 9.10 Å². The maximum atomic E-state index is 12.6. The van der Waals surface area contributed by atoms with E-state index >= 15 is 0 Å². The van der Waals surface area contributed by atoms with Gasteiger partial charge in [-0.15, -0.1) is 0 Å². The molecule has 0 radical (unpaired) electrons. The average Bonchev–Trinajstić information content (AvgIpc) is 2.36. The molecule has 4 saturated carbocycles. The summed E-state index contributed by atoms with van der Waals surface area (Å²) in [6.45, 7) is 3.85.